The molecule has 182 valence electrons. The molecule has 2 aromatic rings. The molecule has 3 nitrogen and oxygen atoms in total. The molecule has 6 radical (unpaired) electrons. The van der Waals surface area contributed by atoms with Gasteiger partial charge in [0.15, 0.2) is 34.9 Å². The normalized spacial score (nSPS) is 12.3. The van der Waals surface area contributed by atoms with E-state index in [4.69, 9.17) is 14.0 Å². The summed E-state index contributed by atoms with van der Waals surface area (Å²) < 4.78 is 160. The Balaban J connectivity index is 0. The smallest absolute Gasteiger partial charge is 2.00 e. The molecule has 0 N–H and O–H groups in total. The Hall–Kier alpha value is -2.46. The van der Waals surface area contributed by atoms with E-state index < -0.39 is 81.6 Å². The summed E-state index contributed by atoms with van der Waals surface area (Å²) in [5.74, 6) is -25.2. The van der Waals surface area contributed by atoms with Crippen LogP contribution in [0.3, 0.4) is 0 Å². The van der Waals surface area contributed by atoms with Gasteiger partial charge in [-0.05, 0) is 19.6 Å². The molecule has 0 unspecified atom stereocenters. The second-order valence-corrected chi connectivity index (χ2v) is 5.62. The van der Waals surface area contributed by atoms with E-state index in [1.807, 2.05) is 0 Å². The molecule has 0 aliphatic heterocycles. The van der Waals surface area contributed by atoms with Crippen LogP contribution in [-0.2, 0) is 31.0 Å². The Bertz CT molecular complexity index is 959. The van der Waals surface area contributed by atoms with E-state index in [1.54, 1.807) is 0 Å². The second kappa shape index (κ2) is 15.5. The fourth-order valence-electron chi connectivity index (χ4n) is 2.81. The van der Waals surface area contributed by atoms with Crippen LogP contribution < -0.4 is 10.9 Å². The van der Waals surface area contributed by atoms with Crippen LogP contribution in [0.4, 0.5) is 43.9 Å². The summed E-state index contributed by atoms with van der Waals surface area (Å²) in [5.41, 5.74) is -3.52. The molecule has 15 heteroatoms. The Morgan fingerprint density at radius 1 is 0.429 bits per heavy atom. The van der Waals surface area contributed by atoms with Crippen molar-refractivity contribution >= 4 is 17.6 Å². The fraction of sp³-hybridized carbons (Fsp3) is 0. The quantitative estimate of drug-likeness (QED) is 0.141. The van der Waals surface area contributed by atoms with E-state index in [0.717, 1.165) is 12.8 Å². The van der Waals surface area contributed by atoms with Gasteiger partial charge in [-0.15, -0.1) is 0 Å². The van der Waals surface area contributed by atoms with Gasteiger partial charge in [-0.2, -0.15) is 16.7 Å². The van der Waals surface area contributed by atoms with E-state index in [2.05, 4.69) is 20.0 Å². The summed E-state index contributed by atoms with van der Waals surface area (Å²) >= 11 is 0. The molecule has 0 aromatic heterocycles. The number of rotatable bonds is 3. The Morgan fingerprint density at radius 2 is 0.629 bits per heavy atom. The summed E-state index contributed by atoms with van der Waals surface area (Å²) in [5, 5.41) is 0. The maximum atomic E-state index is 14.2. The molecule has 0 bridgehead atoms. The van der Waals surface area contributed by atoms with Crippen molar-refractivity contribution in [3.05, 3.63) is 110 Å². The second-order valence-electron chi connectivity index (χ2n) is 5.62. The average molecular weight is 549 g/mol. The summed E-state index contributed by atoms with van der Waals surface area (Å²) in [6.07, 6.45) is 4.25. The molecule has 1 aliphatic rings. The van der Waals surface area contributed by atoms with Crippen molar-refractivity contribution in [3.63, 3.8) is 0 Å². The molecule has 1 fully saturated rings. The van der Waals surface area contributed by atoms with E-state index >= 15 is 0 Å². The number of hydrogen-bond donors (Lipinski definition) is 0. The van der Waals surface area contributed by atoms with Crippen molar-refractivity contribution in [2.24, 2.45) is 0 Å². The minimum Gasteiger partial charge on any atom is 2.00 e. The largest absolute Gasteiger partial charge is 2.00 e. The van der Waals surface area contributed by atoms with Crippen molar-refractivity contribution in [3.8, 4) is 0 Å². The van der Waals surface area contributed by atoms with Crippen LogP contribution in [0.25, 0.3) is 0 Å². The van der Waals surface area contributed by atoms with E-state index in [-0.39, 0.29) is 17.1 Å². The Labute approximate surface area is 202 Å². The van der Waals surface area contributed by atoms with Crippen molar-refractivity contribution in [1.29, 1.82) is 0 Å². The van der Waals surface area contributed by atoms with Crippen LogP contribution in [0.1, 0.15) is 0 Å². The third-order valence-electron chi connectivity index (χ3n) is 4.09. The van der Waals surface area contributed by atoms with Crippen LogP contribution in [0.5, 0.6) is 0 Å². The summed E-state index contributed by atoms with van der Waals surface area (Å²) in [4.78, 5) is 0. The van der Waals surface area contributed by atoms with Gasteiger partial charge in [0.1, 0.15) is 23.3 Å². The van der Waals surface area contributed by atoms with Crippen molar-refractivity contribution in [2.75, 3.05) is 0 Å². The maximum Gasteiger partial charge on any atom is 2.00 e. The van der Waals surface area contributed by atoms with Crippen LogP contribution in [0.2, 0.25) is 0 Å². The minimum atomic E-state index is -2.54. The molecule has 35 heavy (non-hydrogen) atoms. The average Bonchev–Trinajstić information content (AvgIpc) is 3.41. The molecule has 0 spiro atoms. The first-order valence-corrected chi connectivity index (χ1v) is 7.95. The van der Waals surface area contributed by atoms with Gasteiger partial charge in [-0.1, -0.05) is 12.8 Å². The van der Waals surface area contributed by atoms with Gasteiger partial charge < -0.3 is 0 Å². The fourth-order valence-corrected chi connectivity index (χ4v) is 2.81. The van der Waals surface area contributed by atoms with E-state index in [9.17, 15) is 43.9 Å². The van der Waals surface area contributed by atoms with Gasteiger partial charge in [0.05, 0.1) is 0 Å². The predicted octanol–water partition coefficient (Wildman–Crippen LogP) is 3.52. The molecule has 1 saturated carbocycles. The minimum absolute atomic E-state index is 0. The van der Waals surface area contributed by atoms with E-state index in [1.165, 1.54) is 12.8 Å². The van der Waals surface area contributed by atoms with Crippen molar-refractivity contribution in [2.45, 2.75) is 0 Å². The van der Waals surface area contributed by atoms with Crippen molar-refractivity contribution in [1.82, 2.24) is 0 Å². The third-order valence-corrected chi connectivity index (χ3v) is 4.09. The van der Waals surface area contributed by atoms with Gasteiger partial charge in [0.25, 0.3) is 0 Å². The van der Waals surface area contributed by atoms with Crippen LogP contribution >= 0.6 is 0 Å². The monoisotopic (exact) mass is 549 g/mol. The zero-order chi connectivity index (χ0) is 26.9. The first-order valence-electron chi connectivity index (χ1n) is 7.95. The molecule has 0 atom stereocenters. The molecule has 0 amide bonds. The molecule has 0 saturated heterocycles. The molecule has 2 aromatic carbocycles. The zero-order valence-corrected chi connectivity index (χ0v) is 17.3. The Morgan fingerprint density at radius 3 is 0.857 bits per heavy atom. The van der Waals surface area contributed by atoms with E-state index in [0.29, 0.717) is 0 Å². The SMILES string of the molecule is Fc1c(F)c(F)c([B-]([C]2[CH][CH][CH][CH]2)c2c(F)c(F)c(F)c(F)c2F)c(F)c1F.[C-]#[O+].[C-]#[O+].[C-]#[O+].[Fe+2]. The Kier molecular flexibility index (Phi) is 15.4. The predicted molar refractivity (Wildman–Crippen MR) is 89.7 cm³/mol. The van der Waals surface area contributed by atoms with Gasteiger partial charge in [-0.3, -0.25) is 0 Å². The van der Waals surface area contributed by atoms with Gasteiger partial charge in [-0.25, -0.2) is 43.9 Å². The van der Waals surface area contributed by atoms with Crippen LogP contribution in [0.15, 0.2) is 0 Å². The van der Waals surface area contributed by atoms with Gasteiger partial charge >= 0.3 is 51.0 Å². The first-order chi connectivity index (χ1) is 16.1. The summed E-state index contributed by atoms with van der Waals surface area (Å²) in [6, 6.07) is 0. The molecule has 0 heterocycles. The number of halogens is 10. The third kappa shape index (κ3) is 6.61. The zero-order valence-electron chi connectivity index (χ0n) is 16.2. The number of benzene rings is 2. The standard InChI is InChI=1S/C17H4BF10.3CO.Fe/c19-8-6(9(20)13(24)16(27)12(8)23)18(5-3-1-2-4-5)7-10(21)14(25)17(28)15(26)11(7)22;3*1-2;/h1-4H;;;;/q-1;;;;+2. The molecule has 3 rings (SSSR count). The van der Waals surface area contributed by atoms with Crippen LogP contribution in [0, 0.1) is 110 Å². The van der Waals surface area contributed by atoms with Gasteiger partial charge in [0.2, 0.25) is 0 Å². The molecule has 1 aliphatic carbocycles. The first kappa shape index (κ1) is 34.7. The molecular formula is C20H4BF10FeO3+. The topological polar surface area (TPSA) is 59.7 Å². The van der Waals surface area contributed by atoms with Crippen LogP contribution in [-0.4, -0.2) is 6.71 Å². The summed E-state index contributed by atoms with van der Waals surface area (Å²) in [6.45, 7) is 11.0. The molecular weight excluding hydrogens is 545 g/mol. The summed E-state index contributed by atoms with van der Waals surface area (Å²) in [7, 11) is 0. The number of hydrogen-bond acceptors (Lipinski definition) is 0. The maximum absolute atomic E-state index is 14.2. The van der Waals surface area contributed by atoms with Crippen molar-refractivity contribution < 1.29 is 74.9 Å². The van der Waals surface area contributed by atoms with Gasteiger partial charge in [0, 0.05) is 0 Å².